The molecule has 4 heteroatoms. The lowest BCUT2D eigenvalue weighted by Crippen LogP contribution is -2.05. The van der Waals surface area contributed by atoms with Crippen molar-refractivity contribution in [3.8, 4) is 5.69 Å². The predicted octanol–water partition coefficient (Wildman–Crippen LogP) is 1.37. The van der Waals surface area contributed by atoms with Gasteiger partial charge in [-0.3, -0.25) is 4.79 Å². The number of benzene rings is 1. The topological polar surface area (TPSA) is 60.9 Å². The maximum atomic E-state index is 10.5. The van der Waals surface area contributed by atoms with Crippen LogP contribution in [-0.2, 0) is 4.79 Å². The van der Waals surface area contributed by atoms with E-state index in [2.05, 4.69) is 5.10 Å². The Morgan fingerprint density at radius 3 is 2.62 bits per heavy atom. The highest BCUT2D eigenvalue weighted by Crippen LogP contribution is 2.09. The van der Waals surface area contributed by atoms with Crippen molar-refractivity contribution < 1.29 is 4.79 Å². The van der Waals surface area contributed by atoms with Crippen molar-refractivity contribution >= 4 is 12.0 Å². The molecule has 1 heterocycles. The molecule has 1 amide bonds. The summed E-state index contributed by atoms with van der Waals surface area (Å²) >= 11 is 0. The Kier molecular flexibility index (Phi) is 2.82. The molecule has 2 N–H and O–H groups in total. The van der Waals surface area contributed by atoms with Gasteiger partial charge >= 0.3 is 0 Å². The van der Waals surface area contributed by atoms with E-state index in [9.17, 15) is 4.79 Å². The van der Waals surface area contributed by atoms with Crippen LogP contribution in [0.15, 0.2) is 48.8 Å². The minimum absolute atomic E-state index is 0.448. The van der Waals surface area contributed by atoms with E-state index in [1.165, 1.54) is 6.08 Å². The Morgan fingerprint density at radius 2 is 2.06 bits per heavy atom. The molecule has 2 rings (SSSR count). The minimum Gasteiger partial charge on any atom is -0.366 e. The molecule has 0 spiro atoms. The monoisotopic (exact) mass is 213 g/mol. The number of primary amides is 1. The van der Waals surface area contributed by atoms with E-state index in [-0.39, 0.29) is 0 Å². The SMILES string of the molecule is NC(=O)C=Cc1ccc(-n2cccn2)cc1. The van der Waals surface area contributed by atoms with Gasteiger partial charge in [-0.15, -0.1) is 0 Å². The molecule has 0 fully saturated rings. The van der Waals surface area contributed by atoms with Crippen LogP contribution in [0.4, 0.5) is 0 Å². The summed E-state index contributed by atoms with van der Waals surface area (Å²) in [6.07, 6.45) is 6.60. The van der Waals surface area contributed by atoms with Gasteiger partial charge < -0.3 is 5.73 Å². The molecule has 0 radical (unpaired) electrons. The van der Waals surface area contributed by atoms with Gasteiger partial charge in [0.1, 0.15) is 0 Å². The predicted molar refractivity (Wildman–Crippen MR) is 61.8 cm³/mol. The summed E-state index contributed by atoms with van der Waals surface area (Å²) in [5.41, 5.74) is 6.91. The molecule has 0 bridgehead atoms. The van der Waals surface area contributed by atoms with Crippen LogP contribution in [0, 0.1) is 0 Å². The van der Waals surface area contributed by atoms with Crippen molar-refractivity contribution in [2.24, 2.45) is 5.73 Å². The summed E-state index contributed by atoms with van der Waals surface area (Å²) in [5, 5.41) is 4.11. The van der Waals surface area contributed by atoms with Crippen LogP contribution in [0.2, 0.25) is 0 Å². The molecule has 4 nitrogen and oxygen atoms in total. The number of carbonyl (C=O) groups is 1. The molecule has 1 aromatic carbocycles. The van der Waals surface area contributed by atoms with Gasteiger partial charge in [0.05, 0.1) is 5.69 Å². The second kappa shape index (κ2) is 4.44. The smallest absolute Gasteiger partial charge is 0.241 e. The molecule has 0 saturated heterocycles. The zero-order valence-corrected chi connectivity index (χ0v) is 8.58. The highest BCUT2D eigenvalue weighted by Gasteiger charge is 1.95. The van der Waals surface area contributed by atoms with Gasteiger partial charge in [0.25, 0.3) is 0 Å². The first-order valence-electron chi connectivity index (χ1n) is 4.83. The third-order valence-corrected chi connectivity index (χ3v) is 2.10. The Morgan fingerprint density at radius 1 is 1.31 bits per heavy atom. The third-order valence-electron chi connectivity index (χ3n) is 2.10. The Labute approximate surface area is 93.0 Å². The summed E-state index contributed by atoms with van der Waals surface area (Å²) in [6, 6.07) is 9.51. The van der Waals surface area contributed by atoms with Gasteiger partial charge in [0.2, 0.25) is 5.91 Å². The first-order chi connectivity index (χ1) is 7.75. The number of aromatic nitrogens is 2. The van der Waals surface area contributed by atoms with Crippen molar-refractivity contribution in [1.82, 2.24) is 9.78 Å². The molecule has 0 aliphatic rings. The summed E-state index contributed by atoms with van der Waals surface area (Å²) in [7, 11) is 0. The van der Waals surface area contributed by atoms with Gasteiger partial charge in [-0.2, -0.15) is 5.10 Å². The van der Waals surface area contributed by atoms with E-state index in [1.807, 2.05) is 36.5 Å². The molecule has 0 saturated carbocycles. The van der Waals surface area contributed by atoms with Crippen molar-refractivity contribution in [3.63, 3.8) is 0 Å². The van der Waals surface area contributed by atoms with Crippen LogP contribution in [0.5, 0.6) is 0 Å². The number of carbonyl (C=O) groups excluding carboxylic acids is 1. The van der Waals surface area contributed by atoms with Crippen LogP contribution >= 0.6 is 0 Å². The van der Waals surface area contributed by atoms with Gasteiger partial charge in [0.15, 0.2) is 0 Å². The van der Waals surface area contributed by atoms with Crippen molar-refractivity contribution in [2.45, 2.75) is 0 Å². The Hall–Kier alpha value is -2.36. The molecule has 0 aliphatic carbocycles. The van der Waals surface area contributed by atoms with E-state index in [0.29, 0.717) is 0 Å². The fourth-order valence-electron chi connectivity index (χ4n) is 1.34. The molecule has 0 unspecified atom stereocenters. The molecule has 80 valence electrons. The van der Waals surface area contributed by atoms with Crippen LogP contribution in [0.1, 0.15) is 5.56 Å². The molecular weight excluding hydrogens is 202 g/mol. The first-order valence-corrected chi connectivity index (χ1v) is 4.83. The van der Waals surface area contributed by atoms with Crippen LogP contribution in [-0.4, -0.2) is 15.7 Å². The first kappa shape index (κ1) is 10.2. The number of hydrogen-bond donors (Lipinski definition) is 1. The van der Waals surface area contributed by atoms with Crippen LogP contribution < -0.4 is 5.73 Å². The lowest BCUT2D eigenvalue weighted by molar-refractivity contribution is -0.113. The number of hydrogen-bond acceptors (Lipinski definition) is 2. The Balaban J connectivity index is 2.20. The van der Waals surface area contributed by atoms with Crippen LogP contribution in [0.3, 0.4) is 0 Å². The van der Waals surface area contributed by atoms with Crippen LogP contribution in [0.25, 0.3) is 11.8 Å². The second-order valence-corrected chi connectivity index (χ2v) is 3.28. The molecule has 0 aliphatic heterocycles. The summed E-state index contributed by atoms with van der Waals surface area (Å²) in [5.74, 6) is -0.448. The normalized spacial score (nSPS) is 10.8. The number of nitrogens with zero attached hydrogens (tertiary/aromatic N) is 2. The van der Waals surface area contributed by atoms with E-state index in [0.717, 1.165) is 11.3 Å². The molecule has 0 atom stereocenters. The second-order valence-electron chi connectivity index (χ2n) is 3.28. The van der Waals surface area contributed by atoms with Gasteiger partial charge in [-0.05, 0) is 29.8 Å². The zero-order chi connectivity index (χ0) is 11.4. The number of nitrogens with two attached hydrogens (primary N) is 1. The lowest BCUT2D eigenvalue weighted by Gasteiger charge is -2.00. The summed E-state index contributed by atoms with van der Waals surface area (Å²) in [4.78, 5) is 10.5. The maximum Gasteiger partial charge on any atom is 0.241 e. The largest absolute Gasteiger partial charge is 0.366 e. The van der Waals surface area contributed by atoms with E-state index >= 15 is 0 Å². The molecule has 16 heavy (non-hydrogen) atoms. The highest BCUT2D eigenvalue weighted by atomic mass is 16.1. The van der Waals surface area contributed by atoms with Gasteiger partial charge in [-0.25, -0.2) is 4.68 Å². The molecule has 2 aromatic rings. The average molecular weight is 213 g/mol. The maximum absolute atomic E-state index is 10.5. The molecular formula is C12H11N3O. The number of amides is 1. The average Bonchev–Trinajstić information content (AvgIpc) is 2.80. The van der Waals surface area contributed by atoms with E-state index < -0.39 is 5.91 Å². The minimum atomic E-state index is -0.448. The van der Waals surface area contributed by atoms with Crippen molar-refractivity contribution in [2.75, 3.05) is 0 Å². The van der Waals surface area contributed by atoms with Gasteiger partial charge in [-0.1, -0.05) is 12.1 Å². The van der Waals surface area contributed by atoms with Crippen molar-refractivity contribution in [1.29, 1.82) is 0 Å². The Bertz CT molecular complexity index is 498. The fraction of sp³-hybridized carbons (Fsp3) is 0. The quantitative estimate of drug-likeness (QED) is 0.783. The van der Waals surface area contributed by atoms with E-state index in [1.54, 1.807) is 17.0 Å². The third kappa shape index (κ3) is 2.36. The number of rotatable bonds is 3. The molecule has 1 aromatic heterocycles. The van der Waals surface area contributed by atoms with E-state index in [4.69, 9.17) is 5.73 Å². The summed E-state index contributed by atoms with van der Waals surface area (Å²) in [6.45, 7) is 0. The highest BCUT2D eigenvalue weighted by molar-refractivity contribution is 5.90. The van der Waals surface area contributed by atoms with Gasteiger partial charge in [0, 0.05) is 18.5 Å². The van der Waals surface area contributed by atoms with Crippen molar-refractivity contribution in [3.05, 3.63) is 54.4 Å². The summed E-state index contributed by atoms with van der Waals surface area (Å²) < 4.78 is 1.77. The zero-order valence-electron chi connectivity index (χ0n) is 8.58. The fourth-order valence-corrected chi connectivity index (χ4v) is 1.34. The lowest BCUT2D eigenvalue weighted by atomic mass is 10.2. The standard InChI is InChI=1S/C12H11N3O/c13-12(16)7-4-10-2-5-11(6-3-10)15-9-1-8-14-15/h1-9H,(H2,13,16).